The minimum absolute atomic E-state index is 0.0974. The van der Waals surface area contributed by atoms with E-state index < -0.39 is 13.9 Å². The zero-order valence-electron chi connectivity index (χ0n) is 16.6. The van der Waals surface area contributed by atoms with Crippen LogP contribution in [0.25, 0.3) is 0 Å². The van der Waals surface area contributed by atoms with Crippen LogP contribution in [0.5, 0.6) is 5.75 Å². The maximum Gasteiger partial charge on any atom is 0.314 e. The van der Waals surface area contributed by atoms with Crippen LogP contribution in [0.15, 0.2) is 91.0 Å². The lowest BCUT2D eigenvalue weighted by atomic mass is 9.83. The Labute approximate surface area is 168 Å². The maximum absolute atomic E-state index is 13.0. The van der Waals surface area contributed by atoms with E-state index in [2.05, 4.69) is 19.6 Å². The van der Waals surface area contributed by atoms with Gasteiger partial charge in [0, 0.05) is 0 Å². The second-order valence-electron chi connectivity index (χ2n) is 7.74. The molecule has 3 aromatic rings. The zero-order valence-corrected chi connectivity index (χ0v) is 17.6. The number of ether oxygens (including phenoxy) is 1. The Bertz CT molecular complexity index is 848. The number of hydrogen-bond acceptors (Lipinski definition) is 3. The van der Waals surface area contributed by atoms with Crippen molar-refractivity contribution in [3.63, 3.8) is 0 Å². The zero-order chi connectivity index (χ0) is 20.0. The highest BCUT2D eigenvalue weighted by atomic mass is 28.4. The van der Waals surface area contributed by atoms with Crippen LogP contribution in [0.2, 0.25) is 19.6 Å². The Morgan fingerprint density at radius 1 is 0.750 bits per heavy atom. The van der Waals surface area contributed by atoms with Gasteiger partial charge in [-0.05, 0) is 42.9 Å². The summed E-state index contributed by atoms with van der Waals surface area (Å²) in [6.45, 7) is 6.41. The van der Waals surface area contributed by atoms with E-state index >= 15 is 0 Å². The molecule has 3 rings (SSSR count). The molecule has 0 atom stereocenters. The van der Waals surface area contributed by atoms with Crippen LogP contribution in [-0.4, -0.2) is 14.3 Å². The molecular formula is C24H26O3Si. The third-order valence-corrected chi connectivity index (χ3v) is 5.29. The van der Waals surface area contributed by atoms with Gasteiger partial charge in [0.2, 0.25) is 0 Å². The van der Waals surface area contributed by atoms with Gasteiger partial charge in [0.15, 0.2) is 8.32 Å². The van der Waals surface area contributed by atoms with Gasteiger partial charge in [0.25, 0.3) is 0 Å². The number of benzene rings is 3. The van der Waals surface area contributed by atoms with Crippen molar-refractivity contribution >= 4 is 14.3 Å². The molecule has 4 heteroatoms. The summed E-state index contributed by atoms with van der Waals surface area (Å²) in [7, 11) is -2.02. The number of carbonyl (C=O) groups is 1. The average molecular weight is 391 g/mol. The van der Waals surface area contributed by atoms with Gasteiger partial charge in [-0.15, -0.1) is 0 Å². The monoisotopic (exact) mass is 390 g/mol. The molecule has 0 aliphatic rings. The second kappa shape index (κ2) is 8.55. The Morgan fingerprint density at radius 3 is 1.61 bits per heavy atom. The van der Waals surface area contributed by atoms with Gasteiger partial charge in [-0.25, -0.2) is 0 Å². The van der Waals surface area contributed by atoms with E-state index in [9.17, 15) is 4.79 Å². The van der Waals surface area contributed by atoms with E-state index in [0.717, 1.165) is 11.1 Å². The van der Waals surface area contributed by atoms with Crippen molar-refractivity contribution in [1.29, 1.82) is 0 Å². The fourth-order valence-electron chi connectivity index (χ4n) is 3.32. The summed E-state index contributed by atoms with van der Waals surface area (Å²) in [6, 6.07) is 29.1. The molecule has 0 spiro atoms. The SMILES string of the molecule is C[Si](C)(C)OC(CC(=O)Oc1ccccc1)(c1ccccc1)c1ccccc1. The highest BCUT2D eigenvalue weighted by Gasteiger charge is 2.42. The molecule has 0 heterocycles. The molecule has 3 aromatic carbocycles. The number of hydrogen-bond donors (Lipinski definition) is 0. The van der Waals surface area contributed by atoms with Gasteiger partial charge in [-0.2, -0.15) is 0 Å². The van der Waals surface area contributed by atoms with E-state index in [0.29, 0.717) is 5.75 Å². The molecule has 0 aliphatic heterocycles. The van der Waals surface area contributed by atoms with Gasteiger partial charge in [0.1, 0.15) is 11.4 Å². The largest absolute Gasteiger partial charge is 0.426 e. The van der Waals surface area contributed by atoms with Crippen molar-refractivity contribution in [3.8, 4) is 5.75 Å². The third kappa shape index (κ3) is 4.97. The van der Waals surface area contributed by atoms with E-state index in [1.165, 1.54) is 0 Å². The predicted octanol–water partition coefficient (Wildman–Crippen LogP) is 5.78. The lowest BCUT2D eigenvalue weighted by Gasteiger charge is -2.39. The van der Waals surface area contributed by atoms with E-state index in [4.69, 9.17) is 9.16 Å². The molecule has 144 valence electrons. The van der Waals surface area contributed by atoms with Crippen molar-refractivity contribution in [1.82, 2.24) is 0 Å². The lowest BCUT2D eigenvalue weighted by molar-refractivity contribution is -0.138. The standard InChI is InChI=1S/C24H26O3Si/c1-28(2,3)27-24(20-13-7-4-8-14-20,21-15-9-5-10-16-21)19-23(25)26-22-17-11-6-12-18-22/h4-18H,19H2,1-3H3. The molecule has 0 amide bonds. The minimum Gasteiger partial charge on any atom is -0.426 e. The summed E-state index contributed by atoms with van der Waals surface area (Å²) >= 11 is 0. The molecule has 0 saturated heterocycles. The highest BCUT2D eigenvalue weighted by Crippen LogP contribution is 2.40. The smallest absolute Gasteiger partial charge is 0.314 e. The van der Waals surface area contributed by atoms with Gasteiger partial charge < -0.3 is 9.16 Å². The Hall–Kier alpha value is -2.69. The molecule has 0 aliphatic carbocycles. The summed E-state index contributed by atoms with van der Waals surface area (Å²) in [6.07, 6.45) is 0.0974. The van der Waals surface area contributed by atoms with Crippen molar-refractivity contribution in [2.24, 2.45) is 0 Å². The molecule has 0 N–H and O–H groups in total. The molecule has 0 radical (unpaired) electrons. The van der Waals surface area contributed by atoms with Gasteiger partial charge >= 0.3 is 5.97 Å². The Kier molecular flexibility index (Phi) is 6.12. The Balaban J connectivity index is 2.05. The summed E-state index contributed by atoms with van der Waals surface area (Å²) in [5, 5.41) is 0. The van der Waals surface area contributed by atoms with Crippen molar-refractivity contribution in [2.45, 2.75) is 31.7 Å². The molecule has 3 nitrogen and oxygen atoms in total. The van der Waals surface area contributed by atoms with Crippen LogP contribution in [0.3, 0.4) is 0 Å². The fourth-order valence-corrected chi connectivity index (χ4v) is 4.67. The van der Waals surface area contributed by atoms with Crippen LogP contribution in [0, 0.1) is 0 Å². The highest BCUT2D eigenvalue weighted by molar-refractivity contribution is 6.69. The topological polar surface area (TPSA) is 35.5 Å². The van der Waals surface area contributed by atoms with E-state index in [1.807, 2.05) is 78.9 Å². The first-order chi connectivity index (χ1) is 13.4. The van der Waals surface area contributed by atoms with Gasteiger partial charge in [0.05, 0.1) is 6.42 Å². The summed E-state index contributed by atoms with van der Waals surface area (Å²) in [5.41, 5.74) is 1.01. The molecule has 0 bridgehead atoms. The minimum atomic E-state index is -2.02. The van der Waals surface area contributed by atoms with Crippen molar-refractivity contribution in [3.05, 3.63) is 102 Å². The van der Waals surface area contributed by atoms with Crippen LogP contribution in [0.4, 0.5) is 0 Å². The summed E-state index contributed by atoms with van der Waals surface area (Å²) < 4.78 is 12.4. The molecular weight excluding hydrogens is 364 g/mol. The molecule has 0 unspecified atom stereocenters. The van der Waals surface area contributed by atoms with Crippen LogP contribution >= 0.6 is 0 Å². The number of rotatable bonds is 7. The molecule has 0 fully saturated rings. The quantitative estimate of drug-likeness (QED) is 0.291. The lowest BCUT2D eigenvalue weighted by Crippen LogP contribution is -2.43. The molecule has 0 saturated carbocycles. The average Bonchev–Trinajstić information content (AvgIpc) is 2.68. The fraction of sp³-hybridized carbons (Fsp3) is 0.208. The van der Waals surface area contributed by atoms with Crippen LogP contribution in [-0.2, 0) is 14.8 Å². The van der Waals surface area contributed by atoms with Crippen molar-refractivity contribution < 1.29 is 14.0 Å². The van der Waals surface area contributed by atoms with Crippen LogP contribution < -0.4 is 4.74 Å². The van der Waals surface area contributed by atoms with Gasteiger partial charge in [-0.1, -0.05) is 78.9 Å². The normalized spacial score (nSPS) is 11.8. The van der Waals surface area contributed by atoms with E-state index in [1.54, 1.807) is 12.1 Å². The Morgan fingerprint density at radius 2 is 1.18 bits per heavy atom. The first-order valence-electron chi connectivity index (χ1n) is 9.46. The van der Waals surface area contributed by atoms with E-state index in [-0.39, 0.29) is 12.4 Å². The first kappa shape index (κ1) is 20.1. The molecule has 0 aromatic heterocycles. The van der Waals surface area contributed by atoms with Crippen LogP contribution in [0.1, 0.15) is 17.5 Å². The third-order valence-electron chi connectivity index (χ3n) is 4.33. The predicted molar refractivity (Wildman–Crippen MR) is 115 cm³/mol. The summed E-state index contributed by atoms with van der Waals surface area (Å²) in [4.78, 5) is 13.0. The maximum atomic E-state index is 13.0. The molecule has 28 heavy (non-hydrogen) atoms. The first-order valence-corrected chi connectivity index (χ1v) is 12.9. The number of para-hydroxylation sites is 1. The summed E-state index contributed by atoms with van der Waals surface area (Å²) in [5.74, 6) is 0.215. The number of esters is 1. The van der Waals surface area contributed by atoms with Gasteiger partial charge in [-0.3, -0.25) is 4.79 Å². The van der Waals surface area contributed by atoms with Crippen molar-refractivity contribution in [2.75, 3.05) is 0 Å². The number of carbonyl (C=O) groups excluding carboxylic acids is 1. The second-order valence-corrected chi connectivity index (χ2v) is 12.2.